The van der Waals surface area contributed by atoms with Crippen LogP contribution >= 0.6 is 0 Å². The summed E-state index contributed by atoms with van der Waals surface area (Å²) in [6.45, 7) is 0. The van der Waals surface area contributed by atoms with Crippen LogP contribution in [0.25, 0.3) is 0 Å². The summed E-state index contributed by atoms with van der Waals surface area (Å²) in [4.78, 5) is 11.2. The molecule has 3 nitrogen and oxygen atoms in total. The van der Waals surface area contributed by atoms with E-state index in [1.807, 2.05) is 0 Å². The first kappa shape index (κ1) is 11.0. The van der Waals surface area contributed by atoms with Crippen molar-refractivity contribution in [2.45, 2.75) is 24.9 Å². The van der Waals surface area contributed by atoms with Gasteiger partial charge in [-0.15, -0.1) is 0 Å². The topological polar surface area (TPSA) is 55.1 Å². The largest absolute Gasteiger partial charge is 0.368 e. The average molecular weight is 226 g/mol. The molecule has 86 valence electrons. The number of primary amides is 1. The molecular formula is C11H12F2N2O. The minimum Gasteiger partial charge on any atom is -0.368 e. The van der Waals surface area contributed by atoms with Gasteiger partial charge in [-0.25, -0.2) is 8.78 Å². The standard InChI is InChI=1S/C11H12F2N2O/c12-7-3-6(4-8(13)5-7)10(11(14)16)15-9-1-2-9/h3-5,9-10,15H,1-2H2,(H2,14,16). The zero-order valence-electron chi connectivity index (χ0n) is 8.54. The van der Waals surface area contributed by atoms with Crippen molar-refractivity contribution in [3.05, 3.63) is 35.4 Å². The smallest absolute Gasteiger partial charge is 0.239 e. The summed E-state index contributed by atoms with van der Waals surface area (Å²) < 4.78 is 26.0. The third-order valence-electron chi connectivity index (χ3n) is 2.48. The van der Waals surface area contributed by atoms with Crippen molar-refractivity contribution in [2.75, 3.05) is 0 Å². The second-order valence-electron chi connectivity index (χ2n) is 3.98. The first-order valence-electron chi connectivity index (χ1n) is 5.07. The van der Waals surface area contributed by atoms with Crippen molar-refractivity contribution in [2.24, 2.45) is 5.73 Å². The molecule has 0 bridgehead atoms. The van der Waals surface area contributed by atoms with Gasteiger partial charge in [-0.05, 0) is 30.5 Å². The van der Waals surface area contributed by atoms with Crippen molar-refractivity contribution in [1.82, 2.24) is 5.32 Å². The normalized spacial score (nSPS) is 17.1. The molecule has 0 spiro atoms. The highest BCUT2D eigenvalue weighted by atomic mass is 19.1. The van der Waals surface area contributed by atoms with Crippen LogP contribution in [0.3, 0.4) is 0 Å². The Balaban J connectivity index is 2.25. The van der Waals surface area contributed by atoms with Crippen molar-refractivity contribution >= 4 is 5.91 Å². The van der Waals surface area contributed by atoms with E-state index in [0.717, 1.165) is 31.0 Å². The summed E-state index contributed by atoms with van der Waals surface area (Å²) in [5.74, 6) is -2.05. The van der Waals surface area contributed by atoms with Crippen molar-refractivity contribution < 1.29 is 13.6 Å². The lowest BCUT2D eigenvalue weighted by Crippen LogP contribution is -2.35. The molecule has 2 rings (SSSR count). The van der Waals surface area contributed by atoms with Crippen molar-refractivity contribution in [1.29, 1.82) is 0 Å². The fourth-order valence-electron chi connectivity index (χ4n) is 1.57. The summed E-state index contributed by atoms with van der Waals surface area (Å²) in [5.41, 5.74) is 5.43. The molecule has 0 radical (unpaired) electrons. The Morgan fingerprint density at radius 1 is 1.31 bits per heavy atom. The average Bonchev–Trinajstić information content (AvgIpc) is 2.95. The number of nitrogens with one attached hydrogen (secondary N) is 1. The number of benzene rings is 1. The zero-order chi connectivity index (χ0) is 11.7. The number of carbonyl (C=O) groups excluding carboxylic acids is 1. The number of carbonyl (C=O) groups is 1. The lowest BCUT2D eigenvalue weighted by Gasteiger charge is -2.15. The summed E-state index contributed by atoms with van der Waals surface area (Å²) in [7, 11) is 0. The summed E-state index contributed by atoms with van der Waals surface area (Å²) >= 11 is 0. The molecule has 1 fully saturated rings. The van der Waals surface area contributed by atoms with Gasteiger partial charge in [-0.3, -0.25) is 10.1 Å². The van der Waals surface area contributed by atoms with Crippen LogP contribution in [0.15, 0.2) is 18.2 Å². The highest BCUT2D eigenvalue weighted by Crippen LogP contribution is 2.24. The molecular weight excluding hydrogens is 214 g/mol. The van der Waals surface area contributed by atoms with Crippen LogP contribution in [-0.2, 0) is 4.79 Å². The summed E-state index contributed by atoms with van der Waals surface area (Å²) in [5, 5.41) is 2.95. The van der Waals surface area contributed by atoms with Gasteiger partial charge in [0.1, 0.15) is 17.7 Å². The van der Waals surface area contributed by atoms with E-state index in [9.17, 15) is 13.6 Å². The molecule has 1 amide bonds. The molecule has 0 aliphatic heterocycles. The molecule has 1 atom stereocenters. The van der Waals surface area contributed by atoms with Crippen LogP contribution in [0.2, 0.25) is 0 Å². The van der Waals surface area contributed by atoms with E-state index in [2.05, 4.69) is 5.32 Å². The fraction of sp³-hybridized carbons (Fsp3) is 0.364. The summed E-state index contributed by atoms with van der Waals surface area (Å²) in [6.07, 6.45) is 1.92. The molecule has 1 aromatic carbocycles. The van der Waals surface area contributed by atoms with Gasteiger partial charge in [0.15, 0.2) is 0 Å². The Bertz CT molecular complexity index is 398. The molecule has 1 unspecified atom stereocenters. The maximum absolute atomic E-state index is 13.0. The number of rotatable bonds is 4. The van der Waals surface area contributed by atoms with E-state index in [4.69, 9.17) is 5.73 Å². The maximum Gasteiger partial charge on any atom is 0.239 e. The minimum atomic E-state index is -0.822. The van der Waals surface area contributed by atoms with E-state index in [1.165, 1.54) is 0 Å². The van der Waals surface area contributed by atoms with Gasteiger partial charge in [-0.1, -0.05) is 0 Å². The van der Waals surface area contributed by atoms with E-state index < -0.39 is 23.6 Å². The van der Waals surface area contributed by atoms with Gasteiger partial charge in [-0.2, -0.15) is 0 Å². The third kappa shape index (κ3) is 2.55. The molecule has 16 heavy (non-hydrogen) atoms. The van der Waals surface area contributed by atoms with Gasteiger partial charge in [0.25, 0.3) is 0 Å². The molecule has 0 aromatic heterocycles. The minimum absolute atomic E-state index is 0.226. The van der Waals surface area contributed by atoms with Crippen LogP contribution in [0.1, 0.15) is 24.4 Å². The second kappa shape index (κ2) is 4.17. The maximum atomic E-state index is 13.0. The van der Waals surface area contributed by atoms with Crippen LogP contribution in [0.5, 0.6) is 0 Å². The lowest BCUT2D eigenvalue weighted by atomic mass is 10.1. The summed E-state index contributed by atoms with van der Waals surface area (Å²) in [6, 6.07) is 2.40. The molecule has 5 heteroatoms. The van der Waals surface area contributed by atoms with E-state index in [0.29, 0.717) is 0 Å². The quantitative estimate of drug-likeness (QED) is 0.811. The third-order valence-corrected chi connectivity index (χ3v) is 2.48. The van der Waals surface area contributed by atoms with E-state index >= 15 is 0 Å². The highest BCUT2D eigenvalue weighted by Gasteiger charge is 2.28. The first-order chi connectivity index (χ1) is 7.56. The van der Waals surface area contributed by atoms with Crippen LogP contribution in [-0.4, -0.2) is 11.9 Å². The predicted molar refractivity (Wildman–Crippen MR) is 54.5 cm³/mol. The van der Waals surface area contributed by atoms with Gasteiger partial charge >= 0.3 is 0 Å². The van der Waals surface area contributed by atoms with Crippen LogP contribution < -0.4 is 11.1 Å². The monoisotopic (exact) mass is 226 g/mol. The number of nitrogens with two attached hydrogens (primary N) is 1. The molecule has 1 aromatic rings. The van der Waals surface area contributed by atoms with Crippen molar-refractivity contribution in [3.8, 4) is 0 Å². The van der Waals surface area contributed by atoms with Gasteiger partial charge in [0, 0.05) is 12.1 Å². The second-order valence-corrected chi connectivity index (χ2v) is 3.98. The molecule has 0 heterocycles. The molecule has 1 aliphatic rings. The Kier molecular flexibility index (Phi) is 2.87. The zero-order valence-corrected chi connectivity index (χ0v) is 8.54. The van der Waals surface area contributed by atoms with Gasteiger partial charge in [0.2, 0.25) is 5.91 Å². The van der Waals surface area contributed by atoms with Crippen LogP contribution in [0, 0.1) is 11.6 Å². The SMILES string of the molecule is NC(=O)C(NC1CC1)c1cc(F)cc(F)c1. The Morgan fingerprint density at radius 2 is 1.88 bits per heavy atom. The van der Waals surface area contributed by atoms with E-state index in [-0.39, 0.29) is 11.6 Å². The van der Waals surface area contributed by atoms with E-state index in [1.54, 1.807) is 0 Å². The molecule has 1 aliphatic carbocycles. The van der Waals surface area contributed by atoms with Gasteiger partial charge in [0.05, 0.1) is 0 Å². The first-order valence-corrected chi connectivity index (χ1v) is 5.07. The predicted octanol–water partition coefficient (Wildman–Crippen LogP) is 1.24. The van der Waals surface area contributed by atoms with Crippen LogP contribution in [0.4, 0.5) is 8.78 Å². The fourth-order valence-corrected chi connectivity index (χ4v) is 1.57. The Labute approximate surface area is 91.6 Å². The lowest BCUT2D eigenvalue weighted by molar-refractivity contribution is -0.120. The number of hydrogen-bond donors (Lipinski definition) is 2. The highest BCUT2D eigenvalue weighted by molar-refractivity contribution is 5.81. The van der Waals surface area contributed by atoms with Gasteiger partial charge < -0.3 is 5.73 Å². The molecule has 0 saturated heterocycles. The number of amides is 1. The number of halogens is 2. The van der Waals surface area contributed by atoms with Crippen molar-refractivity contribution in [3.63, 3.8) is 0 Å². The Morgan fingerprint density at radius 3 is 2.31 bits per heavy atom. The number of hydrogen-bond acceptors (Lipinski definition) is 2. The Hall–Kier alpha value is -1.49. The molecule has 1 saturated carbocycles. The molecule has 3 N–H and O–H groups in total.